The van der Waals surface area contributed by atoms with Gasteiger partial charge >= 0.3 is 0 Å². The van der Waals surface area contributed by atoms with E-state index in [4.69, 9.17) is 8.83 Å². The first-order chi connectivity index (χ1) is 27.0. The lowest BCUT2D eigenvalue weighted by atomic mass is 9.80. The third-order valence-corrected chi connectivity index (χ3v) is 12.3. The first-order valence-corrected chi connectivity index (χ1v) is 19.1. The molecule has 11 aromatic rings. The molecule has 0 saturated heterocycles. The van der Waals surface area contributed by atoms with E-state index in [1.54, 1.807) is 0 Å². The van der Waals surface area contributed by atoms with Crippen molar-refractivity contribution in [1.82, 2.24) is 0 Å². The maximum Gasteiger partial charge on any atom is 0.147 e. The van der Waals surface area contributed by atoms with Crippen LogP contribution < -0.4 is 0 Å². The summed E-state index contributed by atoms with van der Waals surface area (Å²) < 4.78 is 13.1. The van der Waals surface area contributed by atoms with Gasteiger partial charge in [0.15, 0.2) is 0 Å². The lowest BCUT2D eigenvalue weighted by Gasteiger charge is -2.23. The SMILES string of the molecule is CC1(C)c2ccc(-c3cccc4c3oc3c4ccc4oc5ccccc5c43)cc2-c2ccc(-c3c4ccccc4c(-c4ccccc4)c4ccccc34)cc21. The van der Waals surface area contributed by atoms with Crippen LogP contribution in [0.25, 0.3) is 110 Å². The molecule has 2 heteroatoms. The molecule has 0 spiro atoms. The fourth-order valence-corrected chi connectivity index (χ4v) is 9.72. The molecule has 258 valence electrons. The van der Waals surface area contributed by atoms with Crippen LogP contribution in [0.3, 0.4) is 0 Å². The lowest BCUT2D eigenvalue weighted by Crippen LogP contribution is -2.15. The molecule has 0 atom stereocenters. The van der Waals surface area contributed by atoms with Gasteiger partial charge in [0.05, 0.1) is 5.39 Å². The molecule has 0 N–H and O–H groups in total. The molecule has 12 rings (SSSR count). The van der Waals surface area contributed by atoms with Crippen molar-refractivity contribution in [2.24, 2.45) is 0 Å². The van der Waals surface area contributed by atoms with E-state index in [-0.39, 0.29) is 5.41 Å². The zero-order chi connectivity index (χ0) is 36.4. The molecular formula is C53H34O2. The van der Waals surface area contributed by atoms with E-state index in [9.17, 15) is 0 Å². The molecule has 2 nitrogen and oxygen atoms in total. The average molecular weight is 703 g/mol. The first-order valence-electron chi connectivity index (χ1n) is 19.1. The van der Waals surface area contributed by atoms with Crippen molar-refractivity contribution < 1.29 is 8.83 Å². The maximum absolute atomic E-state index is 6.86. The van der Waals surface area contributed by atoms with Gasteiger partial charge in [0.2, 0.25) is 0 Å². The van der Waals surface area contributed by atoms with Crippen LogP contribution in [0.5, 0.6) is 0 Å². The molecule has 0 unspecified atom stereocenters. The summed E-state index contributed by atoms with van der Waals surface area (Å²) in [6, 6.07) is 61.7. The highest BCUT2D eigenvalue weighted by Gasteiger charge is 2.36. The summed E-state index contributed by atoms with van der Waals surface area (Å²) in [5.41, 5.74) is 15.9. The first kappa shape index (κ1) is 30.6. The van der Waals surface area contributed by atoms with Crippen LogP contribution in [-0.2, 0) is 5.41 Å². The second kappa shape index (κ2) is 11.1. The van der Waals surface area contributed by atoms with E-state index in [2.05, 4.69) is 172 Å². The summed E-state index contributed by atoms with van der Waals surface area (Å²) in [5, 5.41) is 9.42. The Labute approximate surface area is 317 Å². The van der Waals surface area contributed by atoms with Crippen molar-refractivity contribution in [2.45, 2.75) is 19.3 Å². The van der Waals surface area contributed by atoms with Gasteiger partial charge in [-0.3, -0.25) is 0 Å². The van der Waals surface area contributed by atoms with E-state index >= 15 is 0 Å². The minimum absolute atomic E-state index is 0.173. The topological polar surface area (TPSA) is 26.3 Å². The van der Waals surface area contributed by atoms with E-state index in [1.165, 1.54) is 66.1 Å². The fraction of sp³-hybridized carbons (Fsp3) is 0.0566. The third-order valence-electron chi connectivity index (χ3n) is 12.3. The van der Waals surface area contributed by atoms with Crippen molar-refractivity contribution in [3.63, 3.8) is 0 Å². The standard InChI is InChI=1S/C53H34O2/c1-53(2)44-27-24-32(34-20-12-21-40-41-26-28-47-50(52(41)55-51(34)40)42-19-10-11-22-46(42)54-47)29-43(44)35-25-23-33(30-45(35)53)49-38-17-8-6-15-36(38)48(31-13-4-3-5-14-31)37-16-7-9-18-39(37)49/h3-30H,1-2H3. The zero-order valence-corrected chi connectivity index (χ0v) is 30.5. The van der Waals surface area contributed by atoms with Gasteiger partial charge in [-0.15, -0.1) is 0 Å². The Balaban J connectivity index is 1.04. The Hall–Kier alpha value is -6.90. The van der Waals surface area contributed by atoms with E-state index in [0.29, 0.717) is 0 Å². The van der Waals surface area contributed by atoms with Crippen LogP contribution in [-0.4, -0.2) is 0 Å². The van der Waals surface area contributed by atoms with E-state index in [0.717, 1.165) is 55.0 Å². The number of fused-ring (bicyclic) bond motifs is 12. The number of hydrogen-bond acceptors (Lipinski definition) is 2. The van der Waals surface area contributed by atoms with Crippen molar-refractivity contribution in [3.8, 4) is 44.5 Å². The molecule has 55 heavy (non-hydrogen) atoms. The van der Waals surface area contributed by atoms with Crippen molar-refractivity contribution >= 4 is 65.4 Å². The van der Waals surface area contributed by atoms with Crippen LogP contribution in [0, 0.1) is 0 Å². The van der Waals surface area contributed by atoms with Crippen molar-refractivity contribution in [1.29, 1.82) is 0 Å². The van der Waals surface area contributed by atoms with Gasteiger partial charge in [0.1, 0.15) is 22.3 Å². The molecule has 0 fully saturated rings. The predicted octanol–water partition coefficient (Wildman–Crippen LogP) is 15.1. The molecule has 9 aromatic carbocycles. The Kier molecular flexibility index (Phi) is 6.15. The van der Waals surface area contributed by atoms with Gasteiger partial charge in [-0.1, -0.05) is 153 Å². The minimum atomic E-state index is -0.173. The van der Waals surface area contributed by atoms with Crippen LogP contribution in [0.1, 0.15) is 25.0 Å². The number of rotatable bonds is 3. The van der Waals surface area contributed by atoms with E-state index in [1.807, 2.05) is 12.1 Å². The highest BCUT2D eigenvalue weighted by molar-refractivity contribution is 6.24. The normalized spacial score (nSPS) is 13.4. The van der Waals surface area contributed by atoms with Gasteiger partial charge in [-0.2, -0.15) is 0 Å². The van der Waals surface area contributed by atoms with Crippen LogP contribution in [0.2, 0.25) is 0 Å². The molecule has 2 aromatic heterocycles. The maximum atomic E-state index is 6.86. The molecule has 0 radical (unpaired) electrons. The monoisotopic (exact) mass is 702 g/mol. The molecular weight excluding hydrogens is 669 g/mol. The Morgan fingerprint density at radius 1 is 0.345 bits per heavy atom. The molecule has 1 aliphatic rings. The van der Waals surface area contributed by atoms with Crippen LogP contribution >= 0.6 is 0 Å². The Morgan fingerprint density at radius 3 is 1.71 bits per heavy atom. The van der Waals surface area contributed by atoms with Gasteiger partial charge in [0.25, 0.3) is 0 Å². The second-order valence-corrected chi connectivity index (χ2v) is 15.6. The highest BCUT2D eigenvalue weighted by atomic mass is 16.3. The molecule has 0 aliphatic heterocycles. The lowest BCUT2D eigenvalue weighted by molar-refractivity contribution is 0.660. The fourth-order valence-electron chi connectivity index (χ4n) is 9.72. The summed E-state index contributed by atoms with van der Waals surface area (Å²) >= 11 is 0. The van der Waals surface area contributed by atoms with Crippen LogP contribution in [0.15, 0.2) is 179 Å². The number of furan rings is 2. The average Bonchev–Trinajstić information content (AvgIpc) is 3.87. The Bertz CT molecular complexity index is 3340. The summed E-state index contributed by atoms with van der Waals surface area (Å²) in [5.74, 6) is 0. The van der Waals surface area contributed by atoms with Gasteiger partial charge in [-0.25, -0.2) is 0 Å². The van der Waals surface area contributed by atoms with E-state index < -0.39 is 0 Å². The number of para-hydroxylation sites is 2. The smallest absolute Gasteiger partial charge is 0.147 e. The summed E-state index contributed by atoms with van der Waals surface area (Å²) in [6.07, 6.45) is 0. The van der Waals surface area contributed by atoms with Crippen LogP contribution in [0.4, 0.5) is 0 Å². The van der Waals surface area contributed by atoms with Gasteiger partial charge in [0, 0.05) is 27.1 Å². The summed E-state index contributed by atoms with van der Waals surface area (Å²) in [6.45, 7) is 4.74. The van der Waals surface area contributed by atoms with Crippen molar-refractivity contribution in [2.75, 3.05) is 0 Å². The Morgan fingerprint density at radius 2 is 0.964 bits per heavy atom. The third kappa shape index (κ3) is 4.20. The predicted molar refractivity (Wildman–Crippen MR) is 230 cm³/mol. The number of hydrogen-bond donors (Lipinski definition) is 0. The molecule has 2 heterocycles. The zero-order valence-electron chi connectivity index (χ0n) is 30.5. The molecule has 1 aliphatic carbocycles. The summed E-state index contributed by atoms with van der Waals surface area (Å²) in [7, 11) is 0. The van der Waals surface area contributed by atoms with Gasteiger partial charge in [-0.05, 0) is 102 Å². The summed E-state index contributed by atoms with van der Waals surface area (Å²) in [4.78, 5) is 0. The second-order valence-electron chi connectivity index (χ2n) is 15.6. The van der Waals surface area contributed by atoms with Gasteiger partial charge < -0.3 is 8.83 Å². The molecule has 0 amide bonds. The quantitative estimate of drug-likeness (QED) is 0.171. The van der Waals surface area contributed by atoms with Crippen molar-refractivity contribution in [3.05, 3.63) is 181 Å². The molecule has 0 bridgehead atoms. The number of benzene rings is 9. The highest BCUT2D eigenvalue weighted by Crippen LogP contribution is 2.53. The minimum Gasteiger partial charge on any atom is -0.456 e. The largest absolute Gasteiger partial charge is 0.456 e. The molecule has 0 saturated carbocycles.